The minimum absolute atomic E-state index is 0.0495. The first kappa shape index (κ1) is 14.0. The number of unbranched alkanes of at least 4 members (excludes halogenated alkanes) is 5. The van der Waals surface area contributed by atoms with E-state index in [9.17, 15) is 9.59 Å². The Bertz CT molecular complexity index is 253. The summed E-state index contributed by atoms with van der Waals surface area (Å²) in [6, 6.07) is -0.400. The third-order valence-electron chi connectivity index (χ3n) is 3.02. The molecule has 4 nitrogen and oxygen atoms in total. The van der Waals surface area contributed by atoms with E-state index in [1.807, 2.05) is 0 Å². The summed E-state index contributed by atoms with van der Waals surface area (Å²) in [5.41, 5.74) is 0. The van der Waals surface area contributed by atoms with Crippen molar-refractivity contribution < 1.29 is 14.3 Å². The Balaban J connectivity index is 1.95. The Hall–Kier alpha value is -1.06. The van der Waals surface area contributed by atoms with Crippen molar-refractivity contribution in [2.45, 2.75) is 64.3 Å². The number of carbonyl (C=O) groups is 2. The molecule has 0 saturated carbocycles. The van der Waals surface area contributed by atoms with Crippen molar-refractivity contribution in [2.75, 3.05) is 6.61 Å². The number of nitrogens with one attached hydrogen (secondary N) is 1. The zero-order valence-corrected chi connectivity index (χ0v) is 10.7. The Labute approximate surface area is 103 Å². The second-order valence-electron chi connectivity index (χ2n) is 4.59. The maximum atomic E-state index is 11.5. The first-order valence-electron chi connectivity index (χ1n) is 6.70. The average molecular weight is 241 g/mol. The van der Waals surface area contributed by atoms with Crippen LogP contribution in [-0.4, -0.2) is 24.5 Å². The molecule has 1 saturated heterocycles. The lowest BCUT2D eigenvalue weighted by Gasteiger charge is -2.09. The molecule has 1 aliphatic heterocycles. The van der Waals surface area contributed by atoms with E-state index < -0.39 is 6.04 Å². The largest absolute Gasteiger partial charge is 0.464 e. The third-order valence-corrected chi connectivity index (χ3v) is 3.02. The summed E-state index contributed by atoms with van der Waals surface area (Å²) in [6.07, 6.45) is 8.07. The van der Waals surface area contributed by atoms with Gasteiger partial charge in [0, 0.05) is 6.42 Å². The molecule has 1 atom stereocenters. The van der Waals surface area contributed by atoms with Crippen LogP contribution in [0, 0.1) is 0 Å². The SMILES string of the molecule is CCCCCCCCOC(=O)[C@@H]1CCC(=O)N1. The monoisotopic (exact) mass is 241 g/mol. The Kier molecular flexibility index (Phi) is 6.67. The van der Waals surface area contributed by atoms with Crippen LogP contribution in [0.5, 0.6) is 0 Å². The summed E-state index contributed by atoms with van der Waals surface area (Å²) in [5.74, 6) is -0.323. The minimum atomic E-state index is -0.400. The lowest BCUT2D eigenvalue weighted by Crippen LogP contribution is -2.34. The number of rotatable bonds is 8. The van der Waals surface area contributed by atoms with E-state index in [-0.39, 0.29) is 11.9 Å². The van der Waals surface area contributed by atoms with E-state index in [4.69, 9.17) is 4.74 Å². The van der Waals surface area contributed by atoms with Crippen LogP contribution in [0.25, 0.3) is 0 Å². The van der Waals surface area contributed by atoms with E-state index in [0.717, 1.165) is 12.8 Å². The van der Waals surface area contributed by atoms with Gasteiger partial charge >= 0.3 is 5.97 Å². The van der Waals surface area contributed by atoms with Crippen LogP contribution >= 0.6 is 0 Å². The molecule has 0 aliphatic carbocycles. The van der Waals surface area contributed by atoms with Crippen LogP contribution in [0.2, 0.25) is 0 Å². The zero-order chi connectivity index (χ0) is 12.5. The molecule has 0 aromatic carbocycles. The highest BCUT2D eigenvalue weighted by Gasteiger charge is 2.28. The van der Waals surface area contributed by atoms with E-state index in [2.05, 4.69) is 12.2 Å². The number of hydrogen-bond acceptors (Lipinski definition) is 3. The van der Waals surface area contributed by atoms with Gasteiger partial charge in [0.15, 0.2) is 0 Å². The maximum absolute atomic E-state index is 11.5. The van der Waals surface area contributed by atoms with Crippen LogP contribution in [0.15, 0.2) is 0 Å². The second-order valence-corrected chi connectivity index (χ2v) is 4.59. The van der Waals surface area contributed by atoms with Crippen LogP contribution < -0.4 is 5.32 Å². The fraction of sp³-hybridized carbons (Fsp3) is 0.846. The van der Waals surface area contributed by atoms with Gasteiger partial charge in [-0.1, -0.05) is 39.0 Å². The molecule has 0 aromatic rings. The molecule has 1 amide bonds. The first-order chi connectivity index (χ1) is 8.24. The highest BCUT2D eigenvalue weighted by atomic mass is 16.5. The molecule has 4 heteroatoms. The van der Waals surface area contributed by atoms with Gasteiger partial charge in [0.1, 0.15) is 6.04 Å². The predicted molar refractivity (Wildman–Crippen MR) is 65.5 cm³/mol. The second kappa shape index (κ2) is 8.09. The van der Waals surface area contributed by atoms with E-state index in [1.165, 1.54) is 25.7 Å². The summed E-state index contributed by atoms with van der Waals surface area (Å²) in [4.78, 5) is 22.4. The molecule has 0 bridgehead atoms. The zero-order valence-electron chi connectivity index (χ0n) is 10.7. The normalized spacial score (nSPS) is 19.1. The van der Waals surface area contributed by atoms with Crippen molar-refractivity contribution in [3.05, 3.63) is 0 Å². The molecular weight excluding hydrogens is 218 g/mol. The lowest BCUT2D eigenvalue weighted by atomic mass is 10.1. The lowest BCUT2D eigenvalue weighted by molar-refractivity contribution is -0.146. The molecular formula is C13H23NO3. The average Bonchev–Trinajstić information content (AvgIpc) is 2.74. The molecule has 0 spiro atoms. The topological polar surface area (TPSA) is 55.4 Å². The van der Waals surface area contributed by atoms with Crippen LogP contribution in [0.1, 0.15) is 58.3 Å². The molecule has 98 valence electrons. The molecule has 1 N–H and O–H groups in total. The van der Waals surface area contributed by atoms with Crippen molar-refractivity contribution in [3.63, 3.8) is 0 Å². The molecule has 1 fully saturated rings. The summed E-state index contributed by atoms with van der Waals surface area (Å²) >= 11 is 0. The number of esters is 1. The predicted octanol–water partition coefficient (Wildman–Crippen LogP) is 2.17. The molecule has 1 aliphatic rings. The Morgan fingerprint density at radius 3 is 2.65 bits per heavy atom. The van der Waals surface area contributed by atoms with Gasteiger partial charge in [-0.15, -0.1) is 0 Å². The van der Waals surface area contributed by atoms with Gasteiger partial charge in [0.25, 0.3) is 0 Å². The molecule has 1 rings (SSSR count). The van der Waals surface area contributed by atoms with Gasteiger partial charge in [-0.3, -0.25) is 4.79 Å². The number of amides is 1. The molecule has 17 heavy (non-hydrogen) atoms. The van der Waals surface area contributed by atoms with E-state index in [1.54, 1.807) is 0 Å². The Morgan fingerprint density at radius 2 is 2.00 bits per heavy atom. The third kappa shape index (κ3) is 5.71. The number of hydrogen-bond donors (Lipinski definition) is 1. The van der Waals surface area contributed by atoms with Crippen molar-refractivity contribution >= 4 is 11.9 Å². The van der Waals surface area contributed by atoms with Crippen molar-refractivity contribution in [2.24, 2.45) is 0 Å². The van der Waals surface area contributed by atoms with Crippen molar-refractivity contribution in [1.29, 1.82) is 0 Å². The van der Waals surface area contributed by atoms with Crippen LogP contribution in [0.3, 0.4) is 0 Å². The van der Waals surface area contributed by atoms with E-state index in [0.29, 0.717) is 19.4 Å². The minimum Gasteiger partial charge on any atom is -0.464 e. The summed E-state index contributed by atoms with van der Waals surface area (Å²) < 4.78 is 5.13. The van der Waals surface area contributed by atoms with Gasteiger partial charge in [-0.05, 0) is 12.8 Å². The standard InChI is InChI=1S/C13H23NO3/c1-2-3-4-5-6-7-10-17-13(16)11-8-9-12(15)14-11/h11H,2-10H2,1H3,(H,14,15)/t11-/m0/s1. The summed E-state index contributed by atoms with van der Waals surface area (Å²) in [6.45, 7) is 2.68. The smallest absolute Gasteiger partial charge is 0.328 e. The van der Waals surface area contributed by atoms with Gasteiger partial charge in [0.05, 0.1) is 6.61 Å². The van der Waals surface area contributed by atoms with Crippen molar-refractivity contribution in [1.82, 2.24) is 5.32 Å². The van der Waals surface area contributed by atoms with Gasteiger partial charge in [-0.25, -0.2) is 4.79 Å². The first-order valence-corrected chi connectivity index (χ1v) is 6.70. The number of carbonyl (C=O) groups excluding carboxylic acids is 2. The highest BCUT2D eigenvalue weighted by molar-refractivity contribution is 5.87. The molecule has 0 radical (unpaired) electrons. The Morgan fingerprint density at radius 1 is 1.29 bits per heavy atom. The molecule has 1 heterocycles. The van der Waals surface area contributed by atoms with Gasteiger partial charge < -0.3 is 10.1 Å². The molecule has 0 unspecified atom stereocenters. The van der Waals surface area contributed by atoms with Crippen LogP contribution in [-0.2, 0) is 14.3 Å². The van der Waals surface area contributed by atoms with Gasteiger partial charge in [0.2, 0.25) is 5.91 Å². The highest BCUT2D eigenvalue weighted by Crippen LogP contribution is 2.09. The molecule has 0 aromatic heterocycles. The van der Waals surface area contributed by atoms with Crippen LogP contribution in [0.4, 0.5) is 0 Å². The summed E-state index contributed by atoms with van der Waals surface area (Å²) in [5, 5.41) is 2.61. The van der Waals surface area contributed by atoms with Crippen molar-refractivity contribution in [3.8, 4) is 0 Å². The quantitative estimate of drug-likeness (QED) is 0.523. The number of ether oxygens (including phenoxy) is 1. The fourth-order valence-electron chi connectivity index (χ4n) is 1.95. The maximum Gasteiger partial charge on any atom is 0.328 e. The summed E-state index contributed by atoms with van der Waals surface area (Å²) in [7, 11) is 0. The fourth-order valence-corrected chi connectivity index (χ4v) is 1.95. The van der Waals surface area contributed by atoms with Gasteiger partial charge in [-0.2, -0.15) is 0 Å². The van der Waals surface area contributed by atoms with E-state index >= 15 is 0 Å².